The molecule has 2 aromatic heterocycles. The van der Waals surface area contributed by atoms with Crippen molar-refractivity contribution in [3.8, 4) is 5.75 Å². The van der Waals surface area contributed by atoms with Gasteiger partial charge in [0.1, 0.15) is 17.7 Å². The highest BCUT2D eigenvalue weighted by Crippen LogP contribution is 2.31. The molecule has 2 aliphatic heterocycles. The number of nitrogens with two attached hydrogens (primary N) is 1. The van der Waals surface area contributed by atoms with Gasteiger partial charge in [0.25, 0.3) is 11.8 Å². The van der Waals surface area contributed by atoms with E-state index in [1.807, 2.05) is 11.8 Å². The number of nitrogens with zero attached hydrogens (tertiary/aromatic N) is 6. The molecular weight excluding hydrogens is 484 g/mol. The molecule has 3 aromatic rings. The van der Waals surface area contributed by atoms with Gasteiger partial charge < -0.3 is 29.5 Å². The maximum Gasteiger partial charge on any atom is 0.266 e. The average molecular weight is 516 g/mol. The highest BCUT2D eigenvalue weighted by atomic mass is 19.1. The van der Waals surface area contributed by atoms with E-state index in [0.29, 0.717) is 49.2 Å². The summed E-state index contributed by atoms with van der Waals surface area (Å²) in [5.41, 5.74) is 6.54. The van der Waals surface area contributed by atoms with Gasteiger partial charge in [-0.3, -0.25) is 0 Å². The van der Waals surface area contributed by atoms with Crippen LogP contribution in [0.25, 0.3) is 0 Å². The minimum absolute atomic E-state index is 0.235. The molecule has 0 spiro atoms. The van der Waals surface area contributed by atoms with Crippen LogP contribution in [0.5, 0.6) is 5.75 Å². The smallest absolute Gasteiger partial charge is 0.266 e. The lowest BCUT2D eigenvalue weighted by Crippen LogP contribution is -2.36. The summed E-state index contributed by atoms with van der Waals surface area (Å²) in [5, 5.41) is 4.07. The standard InChI is InChI=1S/C25H31F2N7O3/c1-15(35-2)23-31-25(32-37-23)33-7-5-16(6-8-33)14-36-18-10-29-24(30-11-18)34-12-20(22(28)13-34)19-9-17(26)3-4-21(19)27/h3-4,9-11,15-16,20,22H,5-8,12-14,28H2,1-2H3/t15-,20-,22+/m1/s1. The van der Waals surface area contributed by atoms with Crippen molar-refractivity contribution < 1.29 is 22.8 Å². The molecule has 2 N–H and O–H groups in total. The van der Waals surface area contributed by atoms with Crippen LogP contribution in [-0.2, 0) is 4.74 Å². The summed E-state index contributed by atoms with van der Waals surface area (Å²) >= 11 is 0. The quantitative estimate of drug-likeness (QED) is 0.480. The Morgan fingerprint density at radius 2 is 1.86 bits per heavy atom. The summed E-state index contributed by atoms with van der Waals surface area (Å²) < 4.78 is 44.4. The van der Waals surface area contributed by atoms with Crippen molar-refractivity contribution in [1.82, 2.24) is 20.1 Å². The molecule has 3 atom stereocenters. The lowest BCUT2D eigenvalue weighted by molar-refractivity contribution is 0.0886. The molecule has 0 radical (unpaired) electrons. The van der Waals surface area contributed by atoms with Crippen LogP contribution in [0.15, 0.2) is 35.1 Å². The number of ether oxygens (including phenoxy) is 2. The van der Waals surface area contributed by atoms with Gasteiger partial charge in [-0.25, -0.2) is 18.7 Å². The third-order valence-corrected chi connectivity index (χ3v) is 7.14. The number of aromatic nitrogens is 4. The molecule has 10 nitrogen and oxygen atoms in total. The lowest BCUT2D eigenvalue weighted by Gasteiger charge is -2.30. The van der Waals surface area contributed by atoms with Crippen LogP contribution in [-0.4, -0.2) is 66.0 Å². The fraction of sp³-hybridized carbons (Fsp3) is 0.520. The highest BCUT2D eigenvalue weighted by molar-refractivity contribution is 5.39. The minimum atomic E-state index is -0.480. The second kappa shape index (κ2) is 10.9. The third-order valence-electron chi connectivity index (χ3n) is 7.14. The Morgan fingerprint density at radius 3 is 2.59 bits per heavy atom. The van der Waals surface area contributed by atoms with Gasteiger partial charge in [-0.2, -0.15) is 4.98 Å². The topological polar surface area (TPSA) is 116 Å². The van der Waals surface area contributed by atoms with Gasteiger partial charge >= 0.3 is 0 Å². The van der Waals surface area contributed by atoms with E-state index in [9.17, 15) is 8.78 Å². The van der Waals surface area contributed by atoms with Crippen LogP contribution in [0.2, 0.25) is 0 Å². The Bertz CT molecular complexity index is 1190. The van der Waals surface area contributed by atoms with Gasteiger partial charge in [0.2, 0.25) is 5.95 Å². The molecule has 0 amide bonds. The molecule has 2 aliphatic rings. The molecule has 4 heterocycles. The summed E-state index contributed by atoms with van der Waals surface area (Å²) in [6.07, 6.45) is 4.91. The number of hydrogen-bond acceptors (Lipinski definition) is 10. The van der Waals surface area contributed by atoms with Crippen molar-refractivity contribution in [2.24, 2.45) is 11.7 Å². The number of benzene rings is 1. The first-order valence-electron chi connectivity index (χ1n) is 12.4. The first kappa shape index (κ1) is 25.3. The van der Waals surface area contributed by atoms with Crippen LogP contribution in [0.3, 0.4) is 0 Å². The van der Waals surface area contributed by atoms with E-state index >= 15 is 0 Å². The number of halogens is 2. The van der Waals surface area contributed by atoms with E-state index in [-0.39, 0.29) is 23.6 Å². The Hall–Kier alpha value is -3.38. The van der Waals surface area contributed by atoms with Crippen molar-refractivity contribution >= 4 is 11.9 Å². The summed E-state index contributed by atoms with van der Waals surface area (Å²) in [5.74, 6) is 1.23. The van der Waals surface area contributed by atoms with Crippen molar-refractivity contribution in [3.05, 3.63) is 53.7 Å². The third kappa shape index (κ3) is 5.64. The maximum absolute atomic E-state index is 14.3. The van der Waals surface area contributed by atoms with E-state index in [2.05, 4.69) is 25.0 Å². The number of hydrogen-bond donors (Lipinski definition) is 1. The Kier molecular flexibility index (Phi) is 7.47. The molecule has 1 aromatic carbocycles. The number of rotatable bonds is 8. The summed E-state index contributed by atoms with van der Waals surface area (Å²) in [6.45, 7) is 4.91. The van der Waals surface area contributed by atoms with Gasteiger partial charge in [-0.1, -0.05) is 0 Å². The number of piperidine rings is 1. The van der Waals surface area contributed by atoms with E-state index in [0.717, 1.165) is 38.1 Å². The van der Waals surface area contributed by atoms with Crippen LogP contribution in [0.1, 0.15) is 43.2 Å². The average Bonchev–Trinajstić information content (AvgIpc) is 3.56. The molecule has 0 aliphatic carbocycles. The Balaban J connectivity index is 1.11. The lowest BCUT2D eigenvalue weighted by atomic mass is 9.94. The SMILES string of the molecule is CO[C@H](C)c1nc(N2CCC(COc3cnc(N4C[C@H](c5cc(F)ccc5F)[C@@H](N)C4)nc3)CC2)no1. The molecule has 0 saturated carbocycles. The van der Waals surface area contributed by atoms with Gasteiger partial charge in [-0.05, 0) is 54.6 Å². The van der Waals surface area contributed by atoms with Crippen LogP contribution < -0.4 is 20.3 Å². The second-order valence-electron chi connectivity index (χ2n) is 9.61. The van der Waals surface area contributed by atoms with Gasteiger partial charge in [-0.15, -0.1) is 0 Å². The van der Waals surface area contributed by atoms with E-state index in [4.69, 9.17) is 19.7 Å². The van der Waals surface area contributed by atoms with Gasteiger partial charge in [0.05, 0.1) is 19.0 Å². The Labute approximate surface area is 213 Å². The molecule has 198 valence electrons. The molecule has 0 bridgehead atoms. The monoisotopic (exact) mass is 515 g/mol. The molecule has 0 unspecified atom stereocenters. The zero-order chi connectivity index (χ0) is 25.9. The van der Waals surface area contributed by atoms with Crippen molar-refractivity contribution in [2.75, 3.05) is 49.7 Å². The highest BCUT2D eigenvalue weighted by Gasteiger charge is 2.34. The molecular formula is C25H31F2N7O3. The number of anilines is 2. The van der Waals surface area contributed by atoms with Gasteiger partial charge in [0, 0.05) is 45.2 Å². The zero-order valence-corrected chi connectivity index (χ0v) is 20.9. The predicted molar refractivity (Wildman–Crippen MR) is 131 cm³/mol. The van der Waals surface area contributed by atoms with E-state index in [1.165, 1.54) is 6.07 Å². The van der Waals surface area contributed by atoms with E-state index < -0.39 is 11.6 Å². The van der Waals surface area contributed by atoms with Crippen LogP contribution in [0, 0.1) is 17.6 Å². The van der Waals surface area contributed by atoms with Gasteiger partial charge in [0.15, 0.2) is 5.75 Å². The maximum atomic E-state index is 14.3. The molecule has 5 rings (SSSR count). The first-order chi connectivity index (χ1) is 17.9. The van der Waals surface area contributed by atoms with Crippen molar-refractivity contribution in [2.45, 2.75) is 37.8 Å². The summed E-state index contributed by atoms with van der Waals surface area (Å²) in [7, 11) is 1.60. The molecule has 12 heteroatoms. The minimum Gasteiger partial charge on any atom is -0.490 e. The molecule has 2 fully saturated rings. The van der Waals surface area contributed by atoms with Crippen molar-refractivity contribution in [3.63, 3.8) is 0 Å². The van der Waals surface area contributed by atoms with Crippen molar-refractivity contribution in [1.29, 1.82) is 0 Å². The normalized spacial score (nSPS) is 21.4. The second-order valence-corrected chi connectivity index (χ2v) is 9.61. The zero-order valence-electron chi connectivity index (χ0n) is 20.9. The fourth-order valence-corrected chi connectivity index (χ4v) is 4.80. The van der Waals surface area contributed by atoms with E-state index in [1.54, 1.807) is 19.5 Å². The Morgan fingerprint density at radius 1 is 1.11 bits per heavy atom. The van der Waals surface area contributed by atoms with Crippen LogP contribution in [0.4, 0.5) is 20.7 Å². The molecule has 2 saturated heterocycles. The summed E-state index contributed by atoms with van der Waals surface area (Å²) in [4.78, 5) is 17.3. The molecule has 37 heavy (non-hydrogen) atoms. The predicted octanol–water partition coefficient (Wildman–Crippen LogP) is 3.07. The van der Waals surface area contributed by atoms with Crippen LogP contribution >= 0.6 is 0 Å². The largest absolute Gasteiger partial charge is 0.490 e. The number of methoxy groups -OCH3 is 1. The fourth-order valence-electron chi connectivity index (χ4n) is 4.80. The first-order valence-corrected chi connectivity index (χ1v) is 12.4. The summed E-state index contributed by atoms with van der Waals surface area (Å²) in [6, 6.07) is 3.10.